The zero-order valence-electron chi connectivity index (χ0n) is 17.2. The summed E-state index contributed by atoms with van der Waals surface area (Å²) in [5, 5.41) is 4.30. The molecular weight excluding hydrogens is 438 g/mol. The molecule has 4 rings (SSSR count). The van der Waals surface area contributed by atoms with E-state index in [0.717, 1.165) is 46.3 Å². The van der Waals surface area contributed by atoms with Crippen LogP contribution in [0.2, 0.25) is 5.02 Å². The molecule has 2 aromatic heterocycles. The van der Waals surface area contributed by atoms with Gasteiger partial charge in [-0.05, 0) is 51.3 Å². The maximum atomic E-state index is 13.5. The third kappa shape index (κ3) is 4.03. The molecule has 5 nitrogen and oxygen atoms in total. The Morgan fingerprint density at radius 2 is 2.00 bits per heavy atom. The Bertz CT molecular complexity index is 1170. The maximum absolute atomic E-state index is 13.5. The van der Waals surface area contributed by atoms with E-state index in [4.69, 9.17) is 16.6 Å². The van der Waals surface area contributed by atoms with Crippen LogP contribution in [0.15, 0.2) is 34.2 Å². The third-order valence-corrected chi connectivity index (χ3v) is 8.17. The first-order valence-corrected chi connectivity index (χ1v) is 12.2. The van der Waals surface area contributed by atoms with Crippen LogP contribution in [0.5, 0.6) is 0 Å². The van der Waals surface area contributed by atoms with Crippen molar-refractivity contribution in [1.82, 2.24) is 9.55 Å². The van der Waals surface area contributed by atoms with Crippen molar-refractivity contribution in [3.05, 3.63) is 50.1 Å². The molecule has 0 saturated heterocycles. The van der Waals surface area contributed by atoms with Gasteiger partial charge >= 0.3 is 0 Å². The molecule has 3 aromatic rings. The number of rotatable bonds is 5. The molecule has 1 amide bonds. The molecule has 1 unspecified atom stereocenters. The van der Waals surface area contributed by atoms with Crippen LogP contribution < -0.4 is 10.9 Å². The molecule has 8 heteroatoms. The number of hydrogen-bond donors (Lipinski definition) is 1. The van der Waals surface area contributed by atoms with Gasteiger partial charge in [0.25, 0.3) is 5.56 Å². The number of thioether (sulfide) groups is 1. The monoisotopic (exact) mass is 461 g/mol. The number of nitrogens with zero attached hydrogens (tertiary/aromatic N) is 2. The maximum Gasteiger partial charge on any atom is 0.263 e. The van der Waals surface area contributed by atoms with Gasteiger partial charge in [0.05, 0.1) is 21.3 Å². The van der Waals surface area contributed by atoms with E-state index in [0.29, 0.717) is 15.9 Å². The fraction of sp³-hybridized carbons (Fsp3) is 0.409. The Labute approximate surface area is 188 Å². The highest BCUT2D eigenvalue weighted by molar-refractivity contribution is 8.00. The van der Waals surface area contributed by atoms with E-state index < -0.39 is 5.25 Å². The number of nitrogens with one attached hydrogen (secondary N) is 1. The van der Waals surface area contributed by atoms with Gasteiger partial charge in [-0.25, -0.2) is 4.98 Å². The summed E-state index contributed by atoms with van der Waals surface area (Å²) in [7, 11) is 0. The number of hydrogen-bond acceptors (Lipinski definition) is 5. The van der Waals surface area contributed by atoms with Crippen molar-refractivity contribution in [2.45, 2.75) is 62.9 Å². The van der Waals surface area contributed by atoms with Crippen molar-refractivity contribution in [2.24, 2.45) is 0 Å². The molecule has 0 spiro atoms. The number of benzene rings is 1. The molecule has 0 bridgehead atoms. The summed E-state index contributed by atoms with van der Waals surface area (Å²) < 4.78 is 1.85. The lowest BCUT2D eigenvalue weighted by atomic mass is 10.2. The Morgan fingerprint density at radius 1 is 1.30 bits per heavy atom. The summed E-state index contributed by atoms with van der Waals surface area (Å²) in [5.74, 6) is -0.168. The predicted molar refractivity (Wildman–Crippen MR) is 126 cm³/mol. The third-order valence-electron chi connectivity index (χ3n) is 5.68. The molecule has 2 heterocycles. The van der Waals surface area contributed by atoms with E-state index in [-0.39, 0.29) is 17.5 Å². The van der Waals surface area contributed by atoms with Crippen LogP contribution in [0.3, 0.4) is 0 Å². The number of aryl methyl sites for hydroxylation is 2. The van der Waals surface area contributed by atoms with Gasteiger partial charge in [0.15, 0.2) is 5.16 Å². The van der Waals surface area contributed by atoms with Crippen molar-refractivity contribution >= 4 is 56.5 Å². The standard InChI is InChI=1S/C22H24ClN3O2S2/c1-12-13(2)29-20-18(12)21(28)26(15-8-4-5-9-15)22(25-20)30-14(3)19(27)24-17-11-7-6-10-16(17)23/h6-7,10-11,14-15H,4-5,8-9H2,1-3H3,(H,24,27). The Morgan fingerprint density at radius 3 is 2.70 bits per heavy atom. The predicted octanol–water partition coefficient (Wildman–Crippen LogP) is 5.96. The van der Waals surface area contributed by atoms with Crippen molar-refractivity contribution in [3.8, 4) is 0 Å². The fourth-order valence-corrected chi connectivity index (χ4v) is 6.10. The highest BCUT2D eigenvalue weighted by Gasteiger charge is 2.27. The molecule has 1 aliphatic carbocycles. The minimum Gasteiger partial charge on any atom is -0.324 e. The number of halogens is 1. The van der Waals surface area contributed by atoms with Crippen LogP contribution in [-0.2, 0) is 4.79 Å². The van der Waals surface area contributed by atoms with E-state index in [1.54, 1.807) is 23.5 Å². The molecule has 30 heavy (non-hydrogen) atoms. The number of thiophene rings is 1. The van der Waals surface area contributed by atoms with Crippen molar-refractivity contribution < 1.29 is 4.79 Å². The molecule has 1 saturated carbocycles. The van der Waals surface area contributed by atoms with Gasteiger partial charge < -0.3 is 5.32 Å². The van der Waals surface area contributed by atoms with Crippen LogP contribution in [0.1, 0.15) is 49.1 Å². The average molecular weight is 462 g/mol. The molecule has 1 aromatic carbocycles. The van der Waals surface area contributed by atoms with Gasteiger partial charge in [0.2, 0.25) is 5.91 Å². The summed E-state index contributed by atoms with van der Waals surface area (Å²) in [6, 6.07) is 7.31. The Balaban J connectivity index is 1.69. The number of anilines is 1. The normalized spacial score (nSPS) is 15.6. The number of carbonyl (C=O) groups is 1. The summed E-state index contributed by atoms with van der Waals surface area (Å²) in [6.45, 7) is 5.84. The highest BCUT2D eigenvalue weighted by Crippen LogP contribution is 2.36. The summed E-state index contributed by atoms with van der Waals surface area (Å²) in [4.78, 5) is 33.0. The molecule has 1 atom stereocenters. The van der Waals surface area contributed by atoms with E-state index in [2.05, 4.69) is 5.32 Å². The molecule has 0 radical (unpaired) electrons. The first-order chi connectivity index (χ1) is 14.4. The Hall–Kier alpha value is -1.83. The highest BCUT2D eigenvalue weighted by atomic mass is 35.5. The first kappa shape index (κ1) is 21.4. The second-order valence-electron chi connectivity index (χ2n) is 7.70. The second-order valence-corrected chi connectivity index (χ2v) is 10.6. The zero-order chi connectivity index (χ0) is 21.4. The topological polar surface area (TPSA) is 64.0 Å². The fourth-order valence-electron chi connectivity index (χ4n) is 3.86. The van der Waals surface area contributed by atoms with Crippen molar-refractivity contribution in [2.75, 3.05) is 5.32 Å². The summed E-state index contributed by atoms with van der Waals surface area (Å²) in [6.07, 6.45) is 4.18. The first-order valence-electron chi connectivity index (χ1n) is 10.1. The molecular formula is C22H24ClN3O2S2. The number of amides is 1. The number of carbonyl (C=O) groups excluding carboxylic acids is 1. The smallest absolute Gasteiger partial charge is 0.263 e. The summed E-state index contributed by atoms with van der Waals surface area (Å²) >= 11 is 9.05. The van der Waals surface area contributed by atoms with Crippen LogP contribution >= 0.6 is 34.7 Å². The SMILES string of the molecule is Cc1sc2nc(SC(C)C(=O)Nc3ccccc3Cl)n(C3CCCC3)c(=O)c2c1C. The molecule has 158 valence electrons. The molecule has 1 aliphatic rings. The average Bonchev–Trinajstić information content (AvgIpc) is 3.32. The van der Waals surface area contributed by atoms with Crippen LogP contribution in [0.4, 0.5) is 5.69 Å². The molecule has 1 fully saturated rings. The van der Waals surface area contributed by atoms with Gasteiger partial charge in [0, 0.05) is 10.9 Å². The lowest BCUT2D eigenvalue weighted by molar-refractivity contribution is -0.115. The minimum absolute atomic E-state index is 0.0231. The number of fused-ring (bicyclic) bond motifs is 1. The zero-order valence-corrected chi connectivity index (χ0v) is 19.6. The van der Waals surface area contributed by atoms with E-state index in [1.807, 2.05) is 37.5 Å². The van der Waals surface area contributed by atoms with Gasteiger partial charge in [-0.1, -0.05) is 48.3 Å². The van der Waals surface area contributed by atoms with E-state index >= 15 is 0 Å². The van der Waals surface area contributed by atoms with Gasteiger partial charge in [0.1, 0.15) is 4.83 Å². The van der Waals surface area contributed by atoms with E-state index in [9.17, 15) is 9.59 Å². The van der Waals surface area contributed by atoms with E-state index in [1.165, 1.54) is 11.8 Å². The molecule has 1 N–H and O–H groups in total. The lowest BCUT2D eigenvalue weighted by Gasteiger charge is -2.20. The number of para-hydroxylation sites is 1. The minimum atomic E-state index is -0.430. The quantitative estimate of drug-likeness (QED) is 0.376. The van der Waals surface area contributed by atoms with Crippen molar-refractivity contribution in [3.63, 3.8) is 0 Å². The largest absolute Gasteiger partial charge is 0.324 e. The number of aromatic nitrogens is 2. The van der Waals surface area contributed by atoms with Gasteiger partial charge in [-0.3, -0.25) is 14.2 Å². The summed E-state index contributed by atoms with van der Waals surface area (Å²) in [5.41, 5.74) is 1.62. The van der Waals surface area contributed by atoms with Crippen LogP contribution in [0, 0.1) is 13.8 Å². The Kier molecular flexibility index (Phi) is 6.23. The van der Waals surface area contributed by atoms with Crippen LogP contribution in [-0.4, -0.2) is 20.7 Å². The van der Waals surface area contributed by atoms with Crippen molar-refractivity contribution in [1.29, 1.82) is 0 Å². The van der Waals surface area contributed by atoms with Gasteiger partial charge in [-0.15, -0.1) is 11.3 Å². The second kappa shape index (κ2) is 8.73. The molecule has 0 aliphatic heterocycles. The van der Waals surface area contributed by atoms with Crippen LogP contribution in [0.25, 0.3) is 10.2 Å². The van der Waals surface area contributed by atoms with Gasteiger partial charge in [-0.2, -0.15) is 0 Å². The lowest BCUT2D eigenvalue weighted by Crippen LogP contribution is -2.29.